The van der Waals surface area contributed by atoms with Crippen molar-refractivity contribution in [1.82, 2.24) is 5.48 Å². The smallest absolute Gasteiger partial charge is 0.278 e. The summed E-state index contributed by atoms with van der Waals surface area (Å²) in [5.41, 5.74) is 2.31. The van der Waals surface area contributed by atoms with E-state index in [4.69, 9.17) is 19.4 Å². The Balaban J connectivity index is 2.26. The van der Waals surface area contributed by atoms with Crippen LogP contribution in [0.3, 0.4) is 0 Å². The van der Waals surface area contributed by atoms with E-state index < -0.39 is 5.91 Å². The normalized spacial score (nSPS) is 19.0. The summed E-state index contributed by atoms with van der Waals surface area (Å²) >= 11 is 0. The van der Waals surface area contributed by atoms with E-state index in [0.29, 0.717) is 17.9 Å². The molecule has 0 saturated carbocycles. The van der Waals surface area contributed by atoms with Gasteiger partial charge in [-0.05, 0) is 18.9 Å². The van der Waals surface area contributed by atoms with Gasteiger partial charge in [0.15, 0.2) is 6.29 Å². The number of ether oxygens (including phenoxy) is 3. The summed E-state index contributed by atoms with van der Waals surface area (Å²) in [5, 5.41) is 8.84. The summed E-state index contributed by atoms with van der Waals surface area (Å²) < 4.78 is 16.3. The Morgan fingerprint density at radius 1 is 1.43 bits per heavy atom. The molecule has 1 aromatic rings. The number of nitrogens with one attached hydrogen (secondary N) is 1. The number of carbonyl (C=O) groups is 1. The molecule has 6 heteroatoms. The number of hydrogen-bond acceptors (Lipinski definition) is 5. The van der Waals surface area contributed by atoms with Crippen molar-refractivity contribution < 1.29 is 24.2 Å². The second kappa shape index (κ2) is 7.66. The van der Waals surface area contributed by atoms with E-state index in [0.717, 1.165) is 19.3 Å². The first-order chi connectivity index (χ1) is 10.3. The molecule has 1 aliphatic rings. The lowest BCUT2D eigenvalue weighted by atomic mass is 10.1. The molecule has 0 bridgehead atoms. The molecule has 1 saturated heterocycles. The van der Waals surface area contributed by atoms with Crippen molar-refractivity contribution in [3.63, 3.8) is 0 Å². The highest BCUT2D eigenvalue weighted by molar-refractivity contribution is 6.19. The molecule has 21 heavy (non-hydrogen) atoms. The van der Waals surface area contributed by atoms with Gasteiger partial charge in [-0.25, -0.2) is 5.48 Å². The van der Waals surface area contributed by atoms with Crippen LogP contribution in [0.5, 0.6) is 5.75 Å². The molecule has 1 aliphatic heterocycles. The van der Waals surface area contributed by atoms with Crippen LogP contribution in [-0.2, 0) is 14.3 Å². The van der Waals surface area contributed by atoms with E-state index >= 15 is 0 Å². The van der Waals surface area contributed by atoms with Crippen LogP contribution in [0.25, 0.3) is 5.57 Å². The van der Waals surface area contributed by atoms with Gasteiger partial charge < -0.3 is 14.2 Å². The van der Waals surface area contributed by atoms with Crippen molar-refractivity contribution in [3.05, 3.63) is 36.1 Å². The Morgan fingerprint density at radius 2 is 2.24 bits per heavy atom. The number of hydrogen-bond donors (Lipinski definition) is 2. The molecule has 0 aliphatic carbocycles. The van der Waals surface area contributed by atoms with E-state index in [-0.39, 0.29) is 11.9 Å². The van der Waals surface area contributed by atoms with E-state index in [1.54, 1.807) is 23.7 Å². The van der Waals surface area contributed by atoms with Crippen LogP contribution in [0.15, 0.2) is 30.5 Å². The highest BCUT2D eigenvalue weighted by atomic mass is 16.7. The molecule has 2 rings (SSSR count). The largest absolute Gasteiger partial charge is 0.504 e. The van der Waals surface area contributed by atoms with Crippen LogP contribution in [0, 0.1) is 0 Å². The SMILES string of the molecule is CO/C=C(/C(=O)NO)c1ccccc1OC1CCCCO1. The molecule has 0 spiro atoms. The average molecular weight is 293 g/mol. The Kier molecular flexibility index (Phi) is 5.59. The molecule has 6 nitrogen and oxygen atoms in total. The molecule has 0 aromatic heterocycles. The quantitative estimate of drug-likeness (QED) is 0.376. The molecule has 1 heterocycles. The minimum absolute atomic E-state index is 0.173. The zero-order chi connectivity index (χ0) is 15.1. The first-order valence-electron chi connectivity index (χ1n) is 6.81. The number of hydroxylamine groups is 1. The van der Waals surface area contributed by atoms with Gasteiger partial charge in [-0.2, -0.15) is 0 Å². The van der Waals surface area contributed by atoms with Crippen molar-refractivity contribution in [2.45, 2.75) is 25.6 Å². The maximum absolute atomic E-state index is 11.8. The Labute approximate surface area is 123 Å². The predicted octanol–water partition coefficient (Wildman–Crippen LogP) is 2.08. The zero-order valence-corrected chi connectivity index (χ0v) is 11.9. The molecule has 0 radical (unpaired) electrons. The van der Waals surface area contributed by atoms with Crippen LogP contribution in [0.1, 0.15) is 24.8 Å². The first-order valence-corrected chi connectivity index (χ1v) is 6.81. The standard InChI is InChI=1S/C15H19NO5/c1-19-10-12(15(17)16-18)11-6-2-3-7-13(11)21-14-8-4-5-9-20-14/h2-3,6-7,10,14,18H,4-5,8-9H2,1H3,(H,16,17)/b12-10+. The highest BCUT2D eigenvalue weighted by Gasteiger charge is 2.20. The minimum atomic E-state index is -0.669. The molecular weight excluding hydrogens is 274 g/mol. The zero-order valence-electron chi connectivity index (χ0n) is 11.9. The molecule has 114 valence electrons. The number of benzene rings is 1. The van der Waals surface area contributed by atoms with Gasteiger partial charge in [-0.3, -0.25) is 10.0 Å². The lowest BCUT2D eigenvalue weighted by molar-refractivity contribution is -0.123. The van der Waals surface area contributed by atoms with Gasteiger partial charge in [-0.1, -0.05) is 18.2 Å². The maximum Gasteiger partial charge on any atom is 0.278 e. The van der Waals surface area contributed by atoms with Crippen molar-refractivity contribution >= 4 is 11.5 Å². The Hall–Kier alpha value is -2.05. The number of rotatable bonds is 5. The lowest BCUT2D eigenvalue weighted by Gasteiger charge is -2.24. The molecule has 1 atom stereocenters. The monoisotopic (exact) mass is 293 g/mol. The van der Waals surface area contributed by atoms with Gasteiger partial charge >= 0.3 is 0 Å². The number of carbonyl (C=O) groups excluding carboxylic acids is 1. The van der Waals surface area contributed by atoms with Gasteiger partial charge in [0.2, 0.25) is 0 Å². The Bertz CT molecular complexity index is 509. The second-order valence-corrected chi connectivity index (χ2v) is 4.62. The average Bonchev–Trinajstić information content (AvgIpc) is 2.54. The van der Waals surface area contributed by atoms with Gasteiger partial charge in [0.25, 0.3) is 5.91 Å². The van der Waals surface area contributed by atoms with Crippen LogP contribution >= 0.6 is 0 Å². The van der Waals surface area contributed by atoms with Gasteiger partial charge in [0.1, 0.15) is 5.75 Å². The van der Waals surface area contributed by atoms with Crippen molar-refractivity contribution in [2.24, 2.45) is 0 Å². The first kappa shape index (κ1) is 15.3. The number of amides is 1. The fraction of sp³-hybridized carbons (Fsp3) is 0.400. The van der Waals surface area contributed by atoms with E-state index in [1.165, 1.54) is 13.4 Å². The predicted molar refractivity (Wildman–Crippen MR) is 75.6 cm³/mol. The molecule has 1 amide bonds. The van der Waals surface area contributed by atoms with Crippen molar-refractivity contribution in [2.75, 3.05) is 13.7 Å². The van der Waals surface area contributed by atoms with Crippen LogP contribution in [-0.4, -0.2) is 31.1 Å². The third-order valence-electron chi connectivity index (χ3n) is 3.16. The molecule has 2 N–H and O–H groups in total. The van der Waals surface area contributed by atoms with E-state index in [1.807, 2.05) is 6.07 Å². The summed E-state index contributed by atoms with van der Waals surface area (Å²) in [6.07, 6.45) is 3.83. The fourth-order valence-electron chi connectivity index (χ4n) is 2.16. The van der Waals surface area contributed by atoms with Crippen LogP contribution in [0.2, 0.25) is 0 Å². The van der Waals surface area contributed by atoms with Crippen LogP contribution in [0.4, 0.5) is 0 Å². The molecule has 1 fully saturated rings. The number of methoxy groups -OCH3 is 1. The number of para-hydroxylation sites is 1. The highest BCUT2D eigenvalue weighted by Crippen LogP contribution is 2.28. The summed E-state index contributed by atoms with van der Waals surface area (Å²) in [6, 6.07) is 7.06. The Morgan fingerprint density at radius 3 is 2.90 bits per heavy atom. The summed E-state index contributed by atoms with van der Waals surface area (Å²) in [6.45, 7) is 0.671. The topological polar surface area (TPSA) is 77.0 Å². The second-order valence-electron chi connectivity index (χ2n) is 4.62. The third kappa shape index (κ3) is 3.96. The summed E-state index contributed by atoms with van der Waals surface area (Å²) in [5.74, 6) is -0.159. The van der Waals surface area contributed by atoms with E-state index in [9.17, 15) is 4.79 Å². The van der Waals surface area contributed by atoms with E-state index in [2.05, 4.69) is 0 Å². The van der Waals surface area contributed by atoms with Gasteiger partial charge in [-0.15, -0.1) is 0 Å². The molecular formula is C15H19NO5. The molecule has 1 aromatic carbocycles. The third-order valence-corrected chi connectivity index (χ3v) is 3.16. The maximum atomic E-state index is 11.8. The van der Waals surface area contributed by atoms with Gasteiger partial charge in [0.05, 0.1) is 25.6 Å². The summed E-state index contributed by atoms with van der Waals surface area (Å²) in [4.78, 5) is 11.8. The lowest BCUT2D eigenvalue weighted by Crippen LogP contribution is -2.26. The summed E-state index contributed by atoms with van der Waals surface area (Å²) in [7, 11) is 1.43. The van der Waals surface area contributed by atoms with Crippen molar-refractivity contribution in [1.29, 1.82) is 0 Å². The van der Waals surface area contributed by atoms with Crippen LogP contribution < -0.4 is 10.2 Å². The fourth-order valence-corrected chi connectivity index (χ4v) is 2.16. The van der Waals surface area contributed by atoms with Crippen molar-refractivity contribution in [3.8, 4) is 5.75 Å². The molecule has 1 unspecified atom stereocenters. The minimum Gasteiger partial charge on any atom is -0.504 e. The van der Waals surface area contributed by atoms with Gasteiger partial charge in [0, 0.05) is 12.0 Å².